The molecule has 1 aliphatic rings. The summed E-state index contributed by atoms with van der Waals surface area (Å²) in [6.45, 7) is 2.62. The highest BCUT2D eigenvalue weighted by Crippen LogP contribution is 2.35. The number of methoxy groups -OCH3 is 1. The zero-order valence-electron chi connectivity index (χ0n) is 8.18. The van der Waals surface area contributed by atoms with Gasteiger partial charge < -0.3 is 9.84 Å². The fourth-order valence-corrected chi connectivity index (χ4v) is 2.06. The Hall–Kier alpha value is -0.0800. The van der Waals surface area contributed by atoms with Crippen molar-refractivity contribution in [2.24, 2.45) is 5.92 Å². The first-order chi connectivity index (χ1) is 5.67. The molecule has 1 atom stereocenters. The summed E-state index contributed by atoms with van der Waals surface area (Å²) >= 11 is 0. The van der Waals surface area contributed by atoms with Crippen LogP contribution < -0.4 is 0 Å². The normalized spacial score (nSPS) is 24.2. The molecule has 1 unspecified atom stereocenters. The molecular formula is C10H20O2. The number of hydrogen-bond donors (Lipinski definition) is 1. The highest BCUT2D eigenvalue weighted by atomic mass is 16.5. The SMILES string of the molecule is COCCC(C)(O)C1CCCC1. The second-order valence-corrected chi connectivity index (χ2v) is 4.08. The van der Waals surface area contributed by atoms with Crippen molar-refractivity contribution in [1.82, 2.24) is 0 Å². The molecule has 1 rings (SSSR count). The Kier molecular flexibility index (Phi) is 3.53. The predicted molar refractivity (Wildman–Crippen MR) is 49.1 cm³/mol. The summed E-state index contributed by atoms with van der Waals surface area (Å²) in [5.74, 6) is 0.507. The molecule has 0 radical (unpaired) electrons. The Balaban J connectivity index is 2.34. The highest BCUT2D eigenvalue weighted by Gasteiger charge is 2.33. The Labute approximate surface area is 74.9 Å². The van der Waals surface area contributed by atoms with E-state index in [4.69, 9.17) is 4.74 Å². The van der Waals surface area contributed by atoms with Gasteiger partial charge in [-0.25, -0.2) is 0 Å². The monoisotopic (exact) mass is 172 g/mol. The van der Waals surface area contributed by atoms with Crippen LogP contribution in [-0.2, 0) is 4.74 Å². The van der Waals surface area contributed by atoms with E-state index in [1.54, 1.807) is 7.11 Å². The maximum absolute atomic E-state index is 10.1. The van der Waals surface area contributed by atoms with Crippen LogP contribution in [0.2, 0.25) is 0 Å². The van der Waals surface area contributed by atoms with E-state index >= 15 is 0 Å². The average Bonchev–Trinajstić information content (AvgIpc) is 2.53. The van der Waals surface area contributed by atoms with Crippen molar-refractivity contribution >= 4 is 0 Å². The van der Waals surface area contributed by atoms with Gasteiger partial charge in [0.25, 0.3) is 0 Å². The fraction of sp³-hybridized carbons (Fsp3) is 1.00. The Morgan fingerprint density at radius 1 is 1.42 bits per heavy atom. The molecule has 12 heavy (non-hydrogen) atoms. The van der Waals surface area contributed by atoms with E-state index in [2.05, 4.69) is 0 Å². The van der Waals surface area contributed by atoms with Gasteiger partial charge in [0.2, 0.25) is 0 Å². The van der Waals surface area contributed by atoms with Crippen molar-refractivity contribution < 1.29 is 9.84 Å². The van der Waals surface area contributed by atoms with Crippen molar-refractivity contribution in [2.45, 2.75) is 44.6 Å². The quantitative estimate of drug-likeness (QED) is 0.702. The minimum absolute atomic E-state index is 0.494. The maximum atomic E-state index is 10.1. The highest BCUT2D eigenvalue weighted by molar-refractivity contribution is 4.85. The third-order valence-electron chi connectivity index (χ3n) is 3.05. The summed E-state index contributed by atoms with van der Waals surface area (Å²) in [7, 11) is 1.69. The van der Waals surface area contributed by atoms with Gasteiger partial charge in [-0.2, -0.15) is 0 Å². The molecule has 1 aliphatic carbocycles. The molecule has 0 bridgehead atoms. The van der Waals surface area contributed by atoms with E-state index in [9.17, 15) is 5.11 Å². The van der Waals surface area contributed by atoms with Crippen LogP contribution in [0, 0.1) is 5.92 Å². The van der Waals surface area contributed by atoms with E-state index in [1.807, 2.05) is 6.92 Å². The zero-order valence-corrected chi connectivity index (χ0v) is 8.18. The van der Waals surface area contributed by atoms with Gasteiger partial charge in [-0.05, 0) is 32.1 Å². The fourth-order valence-electron chi connectivity index (χ4n) is 2.06. The van der Waals surface area contributed by atoms with E-state index < -0.39 is 5.60 Å². The average molecular weight is 172 g/mol. The van der Waals surface area contributed by atoms with Crippen molar-refractivity contribution in [3.05, 3.63) is 0 Å². The number of rotatable bonds is 4. The molecule has 0 aliphatic heterocycles. The molecule has 0 heterocycles. The summed E-state index contributed by atoms with van der Waals surface area (Å²) in [4.78, 5) is 0. The van der Waals surface area contributed by atoms with Crippen molar-refractivity contribution in [1.29, 1.82) is 0 Å². The van der Waals surface area contributed by atoms with Crippen LogP contribution in [0.1, 0.15) is 39.0 Å². The van der Waals surface area contributed by atoms with Gasteiger partial charge in [-0.1, -0.05) is 12.8 Å². The number of ether oxygens (including phenoxy) is 1. The minimum Gasteiger partial charge on any atom is -0.390 e. The molecule has 2 heteroatoms. The third-order valence-corrected chi connectivity index (χ3v) is 3.05. The molecule has 0 aromatic heterocycles. The van der Waals surface area contributed by atoms with Crippen LogP contribution in [0.4, 0.5) is 0 Å². The lowest BCUT2D eigenvalue weighted by molar-refractivity contribution is -0.0238. The topological polar surface area (TPSA) is 29.5 Å². The van der Waals surface area contributed by atoms with E-state index in [0.717, 1.165) is 6.42 Å². The summed E-state index contributed by atoms with van der Waals surface area (Å²) in [5, 5.41) is 10.1. The number of aliphatic hydroxyl groups is 1. The molecule has 0 aromatic rings. The Bertz CT molecular complexity index is 126. The summed E-state index contributed by atoms with van der Waals surface area (Å²) in [5.41, 5.74) is -0.494. The lowest BCUT2D eigenvalue weighted by atomic mass is 9.85. The van der Waals surface area contributed by atoms with Crippen LogP contribution in [0.5, 0.6) is 0 Å². The van der Waals surface area contributed by atoms with Crippen molar-refractivity contribution in [3.8, 4) is 0 Å². The Morgan fingerprint density at radius 3 is 2.50 bits per heavy atom. The molecule has 72 valence electrons. The molecule has 1 saturated carbocycles. The van der Waals surface area contributed by atoms with Crippen LogP contribution in [0.15, 0.2) is 0 Å². The Morgan fingerprint density at radius 2 is 2.00 bits per heavy atom. The van der Waals surface area contributed by atoms with Crippen molar-refractivity contribution in [3.63, 3.8) is 0 Å². The summed E-state index contributed by atoms with van der Waals surface area (Å²) in [6, 6.07) is 0. The molecule has 0 amide bonds. The second kappa shape index (κ2) is 4.24. The molecule has 2 nitrogen and oxygen atoms in total. The molecular weight excluding hydrogens is 152 g/mol. The molecule has 0 aromatic carbocycles. The second-order valence-electron chi connectivity index (χ2n) is 4.08. The smallest absolute Gasteiger partial charge is 0.0669 e. The van der Waals surface area contributed by atoms with Gasteiger partial charge in [0, 0.05) is 13.7 Å². The minimum atomic E-state index is -0.494. The summed E-state index contributed by atoms with van der Waals surface area (Å²) in [6.07, 6.45) is 5.73. The van der Waals surface area contributed by atoms with Crippen LogP contribution >= 0.6 is 0 Å². The van der Waals surface area contributed by atoms with Crippen LogP contribution in [0.25, 0.3) is 0 Å². The largest absolute Gasteiger partial charge is 0.390 e. The van der Waals surface area contributed by atoms with Crippen LogP contribution in [0.3, 0.4) is 0 Å². The van der Waals surface area contributed by atoms with Gasteiger partial charge in [0.05, 0.1) is 5.60 Å². The lowest BCUT2D eigenvalue weighted by Gasteiger charge is -2.29. The zero-order chi connectivity index (χ0) is 9.03. The van der Waals surface area contributed by atoms with Crippen molar-refractivity contribution in [2.75, 3.05) is 13.7 Å². The van der Waals surface area contributed by atoms with Gasteiger partial charge in [-0.3, -0.25) is 0 Å². The van der Waals surface area contributed by atoms with Crippen LogP contribution in [-0.4, -0.2) is 24.4 Å². The molecule has 0 spiro atoms. The van der Waals surface area contributed by atoms with E-state index in [1.165, 1.54) is 25.7 Å². The molecule has 1 fully saturated rings. The standard InChI is InChI=1S/C10H20O2/c1-10(11,7-8-12-2)9-5-3-4-6-9/h9,11H,3-8H2,1-2H3. The first-order valence-electron chi connectivity index (χ1n) is 4.88. The van der Waals surface area contributed by atoms with Gasteiger partial charge in [0.1, 0.15) is 0 Å². The first-order valence-corrected chi connectivity index (χ1v) is 4.88. The summed E-state index contributed by atoms with van der Waals surface area (Å²) < 4.78 is 4.98. The predicted octanol–water partition coefficient (Wildman–Crippen LogP) is 1.96. The van der Waals surface area contributed by atoms with E-state index in [-0.39, 0.29) is 0 Å². The lowest BCUT2D eigenvalue weighted by Crippen LogP contribution is -2.34. The van der Waals surface area contributed by atoms with Gasteiger partial charge in [-0.15, -0.1) is 0 Å². The third kappa shape index (κ3) is 2.46. The maximum Gasteiger partial charge on any atom is 0.0669 e. The molecule has 0 saturated heterocycles. The number of hydrogen-bond acceptors (Lipinski definition) is 2. The first kappa shape index (κ1) is 10.0. The molecule has 1 N–H and O–H groups in total. The van der Waals surface area contributed by atoms with Gasteiger partial charge in [0.15, 0.2) is 0 Å². The van der Waals surface area contributed by atoms with E-state index in [0.29, 0.717) is 12.5 Å². The van der Waals surface area contributed by atoms with Gasteiger partial charge >= 0.3 is 0 Å².